The van der Waals surface area contributed by atoms with Crippen molar-refractivity contribution in [3.8, 4) is 22.8 Å². The van der Waals surface area contributed by atoms with Crippen LogP contribution in [0.15, 0.2) is 53.6 Å². The number of rotatable bonds is 4. The van der Waals surface area contributed by atoms with Gasteiger partial charge in [0.05, 0.1) is 5.69 Å². The number of hydrogen-bond donors (Lipinski definition) is 3. The summed E-state index contributed by atoms with van der Waals surface area (Å²) in [7, 11) is 0. The topological polar surface area (TPSA) is 143 Å². The molecular formula is C20H15F3N4O6. The van der Waals surface area contributed by atoms with E-state index in [2.05, 4.69) is 20.5 Å². The number of pyridine rings is 1. The second-order valence-corrected chi connectivity index (χ2v) is 6.41. The lowest BCUT2D eigenvalue weighted by molar-refractivity contribution is -0.192. The zero-order chi connectivity index (χ0) is 24.0. The summed E-state index contributed by atoms with van der Waals surface area (Å²) in [5, 5.41) is 16.2. The molecule has 1 aliphatic heterocycles. The number of aliphatic carboxylic acids is 1. The van der Waals surface area contributed by atoms with Crippen molar-refractivity contribution in [2.45, 2.75) is 12.7 Å². The van der Waals surface area contributed by atoms with E-state index in [0.29, 0.717) is 17.2 Å². The molecule has 0 radical (unpaired) electrons. The highest BCUT2D eigenvalue weighted by molar-refractivity contribution is 5.94. The molecule has 1 aliphatic rings. The lowest BCUT2D eigenvalue weighted by Crippen LogP contribution is -2.29. The standard InChI is InChI=1S/C18H14N4O4.C2HF3O2/c23-17(20-9-11-1-2-15-16(7-11)26-10-25-15)13-8-14(21-22-18(13)24)12-3-5-19-6-4-12;3-2(4,5)1(6)7/h1-8H,9-10H2,(H,20,23)(H,22,24);(H,6,7). The minimum absolute atomic E-state index is 0.00689. The number of halogens is 3. The van der Waals surface area contributed by atoms with Crippen LogP contribution in [0.3, 0.4) is 0 Å². The van der Waals surface area contributed by atoms with E-state index >= 15 is 0 Å². The Morgan fingerprint density at radius 2 is 1.76 bits per heavy atom. The molecule has 4 rings (SSSR count). The maximum Gasteiger partial charge on any atom is 0.490 e. The van der Waals surface area contributed by atoms with E-state index in [1.165, 1.54) is 6.07 Å². The van der Waals surface area contributed by atoms with Gasteiger partial charge in [-0.15, -0.1) is 0 Å². The van der Waals surface area contributed by atoms with Gasteiger partial charge in [0.15, 0.2) is 11.5 Å². The molecular weight excluding hydrogens is 449 g/mol. The summed E-state index contributed by atoms with van der Waals surface area (Å²) in [4.78, 5) is 37.2. The fourth-order valence-electron chi connectivity index (χ4n) is 2.57. The third-order valence-electron chi connectivity index (χ3n) is 4.16. The van der Waals surface area contributed by atoms with Crippen LogP contribution in [-0.4, -0.2) is 45.1 Å². The van der Waals surface area contributed by atoms with Gasteiger partial charge in [0, 0.05) is 24.5 Å². The Morgan fingerprint density at radius 3 is 2.42 bits per heavy atom. The number of nitrogens with zero attached hydrogens (tertiary/aromatic N) is 2. The van der Waals surface area contributed by atoms with Crippen LogP contribution in [0.25, 0.3) is 11.3 Å². The van der Waals surface area contributed by atoms with E-state index in [0.717, 1.165) is 11.1 Å². The summed E-state index contributed by atoms with van der Waals surface area (Å²) < 4.78 is 42.3. The highest BCUT2D eigenvalue weighted by Crippen LogP contribution is 2.32. The molecule has 10 nitrogen and oxygen atoms in total. The van der Waals surface area contributed by atoms with Crippen LogP contribution in [0.5, 0.6) is 11.5 Å². The average molecular weight is 464 g/mol. The fourth-order valence-corrected chi connectivity index (χ4v) is 2.57. The smallest absolute Gasteiger partial charge is 0.475 e. The molecule has 33 heavy (non-hydrogen) atoms. The minimum Gasteiger partial charge on any atom is -0.475 e. The molecule has 0 atom stereocenters. The number of ether oxygens (including phenoxy) is 2. The lowest BCUT2D eigenvalue weighted by Gasteiger charge is -2.07. The summed E-state index contributed by atoms with van der Waals surface area (Å²) in [6.07, 6.45) is -1.86. The molecule has 0 aliphatic carbocycles. The number of benzene rings is 1. The van der Waals surface area contributed by atoms with Gasteiger partial charge in [-0.1, -0.05) is 6.07 Å². The van der Waals surface area contributed by atoms with Gasteiger partial charge < -0.3 is 19.9 Å². The van der Waals surface area contributed by atoms with Gasteiger partial charge in [-0.3, -0.25) is 14.6 Å². The molecule has 0 unspecified atom stereocenters. The number of carbonyl (C=O) groups is 2. The van der Waals surface area contributed by atoms with Crippen molar-refractivity contribution in [3.63, 3.8) is 0 Å². The van der Waals surface area contributed by atoms with Crippen molar-refractivity contribution < 1.29 is 37.3 Å². The number of carboxylic acids is 1. The molecule has 2 aromatic heterocycles. The first-order valence-corrected chi connectivity index (χ1v) is 9.12. The molecule has 13 heteroatoms. The minimum atomic E-state index is -5.08. The first kappa shape index (κ1) is 23.2. The Morgan fingerprint density at radius 1 is 1.09 bits per heavy atom. The van der Waals surface area contributed by atoms with Gasteiger partial charge in [-0.25, -0.2) is 9.89 Å². The molecule has 1 aromatic carbocycles. The van der Waals surface area contributed by atoms with Crippen molar-refractivity contribution in [2.24, 2.45) is 0 Å². The Kier molecular flexibility index (Phi) is 6.91. The summed E-state index contributed by atoms with van der Waals surface area (Å²) >= 11 is 0. The third-order valence-corrected chi connectivity index (χ3v) is 4.16. The summed E-state index contributed by atoms with van der Waals surface area (Å²) in [5.41, 5.74) is 1.52. The van der Waals surface area contributed by atoms with Crippen LogP contribution in [0.1, 0.15) is 15.9 Å². The second-order valence-electron chi connectivity index (χ2n) is 6.41. The number of hydrogen-bond acceptors (Lipinski definition) is 7. The van der Waals surface area contributed by atoms with E-state index < -0.39 is 23.6 Å². The highest BCUT2D eigenvalue weighted by atomic mass is 19.4. The predicted octanol–water partition coefficient (Wildman–Crippen LogP) is 2.12. The molecule has 0 saturated heterocycles. The molecule has 3 heterocycles. The quantitative estimate of drug-likeness (QED) is 0.533. The molecule has 0 spiro atoms. The van der Waals surface area contributed by atoms with Crippen LogP contribution in [-0.2, 0) is 11.3 Å². The summed E-state index contributed by atoms with van der Waals surface area (Å²) in [5.74, 6) is -1.93. The summed E-state index contributed by atoms with van der Waals surface area (Å²) in [6, 6.07) is 10.4. The maximum absolute atomic E-state index is 12.4. The number of amides is 1. The van der Waals surface area contributed by atoms with E-state index in [1.54, 1.807) is 36.7 Å². The molecule has 0 fully saturated rings. The number of nitrogens with one attached hydrogen (secondary N) is 2. The molecule has 0 saturated carbocycles. The Labute approximate surface area is 183 Å². The Hall–Kier alpha value is -4.42. The molecule has 1 amide bonds. The van der Waals surface area contributed by atoms with Gasteiger partial charge in [-0.05, 0) is 35.9 Å². The van der Waals surface area contributed by atoms with Gasteiger partial charge in [0.2, 0.25) is 6.79 Å². The first-order valence-electron chi connectivity index (χ1n) is 9.12. The van der Waals surface area contributed by atoms with Crippen LogP contribution in [0.4, 0.5) is 13.2 Å². The molecule has 3 N–H and O–H groups in total. The number of alkyl halides is 3. The van der Waals surface area contributed by atoms with Gasteiger partial charge in [-0.2, -0.15) is 18.3 Å². The number of fused-ring (bicyclic) bond motifs is 1. The number of aromatic nitrogens is 3. The molecule has 0 bridgehead atoms. The average Bonchev–Trinajstić information content (AvgIpc) is 3.26. The normalized spacial score (nSPS) is 11.8. The second kappa shape index (κ2) is 9.80. The van der Waals surface area contributed by atoms with E-state index in [9.17, 15) is 22.8 Å². The van der Waals surface area contributed by atoms with Crippen LogP contribution >= 0.6 is 0 Å². The van der Waals surface area contributed by atoms with Crippen LogP contribution in [0, 0.1) is 0 Å². The van der Waals surface area contributed by atoms with Crippen molar-refractivity contribution in [2.75, 3.05) is 6.79 Å². The van der Waals surface area contributed by atoms with Crippen molar-refractivity contribution in [3.05, 3.63) is 70.3 Å². The van der Waals surface area contributed by atoms with Crippen molar-refractivity contribution in [1.29, 1.82) is 0 Å². The molecule has 3 aromatic rings. The first-order chi connectivity index (χ1) is 15.6. The van der Waals surface area contributed by atoms with E-state index in [4.69, 9.17) is 19.4 Å². The maximum atomic E-state index is 12.4. The largest absolute Gasteiger partial charge is 0.490 e. The van der Waals surface area contributed by atoms with Crippen LogP contribution in [0.2, 0.25) is 0 Å². The van der Waals surface area contributed by atoms with Crippen LogP contribution < -0.4 is 20.3 Å². The number of aromatic amines is 1. The number of carbonyl (C=O) groups excluding carboxylic acids is 1. The van der Waals surface area contributed by atoms with Crippen molar-refractivity contribution in [1.82, 2.24) is 20.5 Å². The fraction of sp³-hybridized carbons (Fsp3) is 0.150. The van der Waals surface area contributed by atoms with Crippen molar-refractivity contribution >= 4 is 11.9 Å². The Balaban J connectivity index is 0.000000383. The highest BCUT2D eigenvalue weighted by Gasteiger charge is 2.38. The van der Waals surface area contributed by atoms with Gasteiger partial charge in [0.1, 0.15) is 5.56 Å². The zero-order valence-electron chi connectivity index (χ0n) is 16.5. The zero-order valence-corrected chi connectivity index (χ0v) is 16.5. The summed E-state index contributed by atoms with van der Waals surface area (Å²) in [6.45, 7) is 0.442. The Bertz CT molecular complexity index is 1210. The number of H-pyrrole nitrogens is 1. The SMILES string of the molecule is O=C(NCc1ccc2c(c1)OCO2)c1cc(-c2ccncc2)n[nH]c1=O.O=C(O)C(F)(F)F. The van der Waals surface area contributed by atoms with E-state index in [-0.39, 0.29) is 18.9 Å². The lowest BCUT2D eigenvalue weighted by atomic mass is 10.1. The van der Waals surface area contributed by atoms with Gasteiger partial charge >= 0.3 is 12.1 Å². The molecule has 172 valence electrons. The predicted molar refractivity (Wildman–Crippen MR) is 106 cm³/mol. The van der Waals surface area contributed by atoms with E-state index in [1.807, 2.05) is 6.07 Å². The monoisotopic (exact) mass is 464 g/mol. The number of carboxylic acid groups (broad SMARTS) is 1. The third kappa shape index (κ3) is 6.06. The van der Waals surface area contributed by atoms with Gasteiger partial charge in [0.25, 0.3) is 11.5 Å².